The van der Waals surface area contributed by atoms with Crippen molar-refractivity contribution in [3.05, 3.63) is 35.9 Å². The molecule has 1 N–H and O–H groups in total. The summed E-state index contributed by atoms with van der Waals surface area (Å²) in [5.74, 6) is 0. The first kappa shape index (κ1) is 12.0. The molecule has 0 spiro atoms. The number of nitrogens with zero attached hydrogens (tertiary/aromatic N) is 3. The third-order valence-electron chi connectivity index (χ3n) is 2.85. The Hall–Kier alpha value is -1.42. The van der Waals surface area contributed by atoms with E-state index in [4.69, 9.17) is 0 Å². The molecule has 1 heterocycles. The van der Waals surface area contributed by atoms with E-state index in [1.165, 1.54) is 5.56 Å². The van der Waals surface area contributed by atoms with E-state index in [2.05, 4.69) is 34.6 Å². The minimum absolute atomic E-state index is 0.272. The van der Waals surface area contributed by atoms with Crippen LogP contribution in [0.2, 0.25) is 0 Å². The zero-order chi connectivity index (χ0) is 12.1. The SMILES string of the molecule is CC(O)CN1CC(CCc2ccccc2)N=N1. The average Bonchev–Trinajstić information content (AvgIpc) is 2.75. The van der Waals surface area contributed by atoms with E-state index in [1.807, 2.05) is 11.1 Å². The fourth-order valence-electron chi connectivity index (χ4n) is 2.01. The molecular formula is C13H19N3O. The fourth-order valence-corrected chi connectivity index (χ4v) is 2.01. The molecule has 0 aromatic heterocycles. The molecule has 4 nitrogen and oxygen atoms in total. The van der Waals surface area contributed by atoms with Crippen molar-refractivity contribution in [3.8, 4) is 0 Å². The van der Waals surface area contributed by atoms with Gasteiger partial charge >= 0.3 is 0 Å². The van der Waals surface area contributed by atoms with Gasteiger partial charge in [-0.05, 0) is 25.3 Å². The van der Waals surface area contributed by atoms with Crippen molar-refractivity contribution in [3.63, 3.8) is 0 Å². The standard InChI is InChI=1S/C13H19N3O/c1-11(17)9-16-10-13(14-15-16)8-7-12-5-3-2-4-6-12/h2-6,11,13,17H,7-10H2,1H3. The normalized spacial score (nSPS) is 20.8. The van der Waals surface area contributed by atoms with Crippen molar-refractivity contribution in [1.29, 1.82) is 0 Å². The van der Waals surface area contributed by atoms with Crippen LogP contribution in [0, 0.1) is 0 Å². The van der Waals surface area contributed by atoms with Gasteiger partial charge in [-0.1, -0.05) is 35.6 Å². The van der Waals surface area contributed by atoms with Gasteiger partial charge in [-0.2, -0.15) is 5.11 Å². The Kier molecular flexibility index (Phi) is 4.09. The summed E-state index contributed by atoms with van der Waals surface area (Å²) >= 11 is 0. The van der Waals surface area contributed by atoms with Gasteiger partial charge < -0.3 is 5.11 Å². The Labute approximate surface area is 102 Å². The lowest BCUT2D eigenvalue weighted by molar-refractivity contribution is 0.133. The largest absolute Gasteiger partial charge is 0.392 e. The number of aliphatic hydroxyl groups is 1. The highest BCUT2D eigenvalue weighted by Gasteiger charge is 2.19. The molecule has 2 rings (SSSR count). The molecule has 4 heteroatoms. The number of rotatable bonds is 5. The van der Waals surface area contributed by atoms with E-state index in [9.17, 15) is 5.11 Å². The van der Waals surface area contributed by atoms with Crippen LogP contribution in [-0.4, -0.2) is 35.4 Å². The molecule has 0 radical (unpaired) electrons. The smallest absolute Gasteiger partial charge is 0.0924 e. The Morgan fingerprint density at radius 1 is 1.41 bits per heavy atom. The molecule has 0 saturated carbocycles. The predicted molar refractivity (Wildman–Crippen MR) is 66.7 cm³/mol. The van der Waals surface area contributed by atoms with Gasteiger partial charge in [0.15, 0.2) is 0 Å². The van der Waals surface area contributed by atoms with Crippen molar-refractivity contribution in [1.82, 2.24) is 5.01 Å². The van der Waals surface area contributed by atoms with Crippen LogP contribution in [0.3, 0.4) is 0 Å². The number of benzene rings is 1. The van der Waals surface area contributed by atoms with Crippen LogP contribution in [0.25, 0.3) is 0 Å². The minimum Gasteiger partial charge on any atom is -0.392 e. The third-order valence-corrected chi connectivity index (χ3v) is 2.85. The van der Waals surface area contributed by atoms with Crippen molar-refractivity contribution < 1.29 is 5.11 Å². The molecule has 1 aliphatic rings. The Bertz CT molecular complexity index is 364. The minimum atomic E-state index is -0.346. The Balaban J connectivity index is 1.74. The number of aliphatic hydroxyl groups excluding tert-OH is 1. The van der Waals surface area contributed by atoms with Gasteiger partial charge in [-0.15, -0.1) is 0 Å². The molecule has 0 saturated heterocycles. The van der Waals surface area contributed by atoms with Crippen LogP contribution in [-0.2, 0) is 6.42 Å². The highest BCUT2D eigenvalue weighted by molar-refractivity contribution is 5.14. The van der Waals surface area contributed by atoms with Gasteiger partial charge in [0.05, 0.1) is 25.2 Å². The second kappa shape index (κ2) is 5.77. The number of β-amino-alcohol motifs (C(OH)–C–C–N with tert-alkyl or cyclic N) is 1. The van der Waals surface area contributed by atoms with Gasteiger partial charge in [0, 0.05) is 0 Å². The second-order valence-corrected chi connectivity index (χ2v) is 4.60. The molecular weight excluding hydrogens is 214 g/mol. The number of hydrogen-bond acceptors (Lipinski definition) is 4. The van der Waals surface area contributed by atoms with Gasteiger partial charge in [-0.25, -0.2) is 0 Å². The molecule has 17 heavy (non-hydrogen) atoms. The molecule has 0 fully saturated rings. The van der Waals surface area contributed by atoms with Crippen LogP contribution in [0.1, 0.15) is 18.9 Å². The highest BCUT2D eigenvalue weighted by Crippen LogP contribution is 2.15. The van der Waals surface area contributed by atoms with Gasteiger partial charge in [0.2, 0.25) is 0 Å². The number of hydrogen-bond donors (Lipinski definition) is 1. The Morgan fingerprint density at radius 2 is 2.18 bits per heavy atom. The van der Waals surface area contributed by atoms with E-state index in [0.717, 1.165) is 19.4 Å². The molecule has 1 aromatic carbocycles. The monoisotopic (exact) mass is 233 g/mol. The Morgan fingerprint density at radius 3 is 2.88 bits per heavy atom. The fraction of sp³-hybridized carbons (Fsp3) is 0.538. The van der Waals surface area contributed by atoms with Crippen molar-refractivity contribution in [2.45, 2.75) is 31.9 Å². The maximum absolute atomic E-state index is 9.26. The van der Waals surface area contributed by atoms with E-state index < -0.39 is 0 Å². The maximum Gasteiger partial charge on any atom is 0.0924 e. The van der Waals surface area contributed by atoms with Gasteiger partial charge in [0.1, 0.15) is 0 Å². The van der Waals surface area contributed by atoms with Crippen molar-refractivity contribution in [2.24, 2.45) is 10.3 Å². The molecule has 0 aliphatic carbocycles. The van der Waals surface area contributed by atoms with Gasteiger partial charge in [-0.3, -0.25) is 5.01 Å². The van der Waals surface area contributed by atoms with Crippen LogP contribution in [0.15, 0.2) is 40.7 Å². The lowest BCUT2D eigenvalue weighted by atomic mass is 10.1. The van der Waals surface area contributed by atoms with Crippen LogP contribution >= 0.6 is 0 Å². The van der Waals surface area contributed by atoms with E-state index >= 15 is 0 Å². The summed E-state index contributed by atoms with van der Waals surface area (Å²) in [5.41, 5.74) is 1.34. The van der Waals surface area contributed by atoms with Gasteiger partial charge in [0.25, 0.3) is 0 Å². The van der Waals surface area contributed by atoms with Crippen LogP contribution in [0.5, 0.6) is 0 Å². The lowest BCUT2D eigenvalue weighted by Gasteiger charge is -2.15. The summed E-state index contributed by atoms with van der Waals surface area (Å²) in [6.07, 6.45) is 1.71. The summed E-state index contributed by atoms with van der Waals surface area (Å²) < 4.78 is 0. The predicted octanol–water partition coefficient (Wildman–Crippen LogP) is 2.05. The molecule has 2 unspecified atom stereocenters. The molecule has 0 bridgehead atoms. The molecule has 0 amide bonds. The van der Waals surface area contributed by atoms with Crippen LogP contribution < -0.4 is 0 Å². The molecule has 1 aliphatic heterocycles. The first-order valence-corrected chi connectivity index (χ1v) is 6.12. The van der Waals surface area contributed by atoms with Crippen LogP contribution in [0.4, 0.5) is 0 Å². The molecule has 1 aromatic rings. The summed E-state index contributed by atoms with van der Waals surface area (Å²) in [4.78, 5) is 0. The zero-order valence-electron chi connectivity index (χ0n) is 10.2. The van der Waals surface area contributed by atoms with E-state index in [-0.39, 0.29) is 12.1 Å². The summed E-state index contributed by atoms with van der Waals surface area (Å²) in [7, 11) is 0. The maximum atomic E-state index is 9.26. The third kappa shape index (κ3) is 3.82. The lowest BCUT2D eigenvalue weighted by Crippen LogP contribution is -2.28. The number of aryl methyl sites for hydroxylation is 1. The zero-order valence-corrected chi connectivity index (χ0v) is 10.2. The summed E-state index contributed by atoms with van der Waals surface area (Å²) in [5, 5.41) is 19.4. The van der Waals surface area contributed by atoms with Crippen molar-refractivity contribution in [2.75, 3.05) is 13.1 Å². The summed E-state index contributed by atoms with van der Waals surface area (Å²) in [6.45, 7) is 3.18. The first-order valence-electron chi connectivity index (χ1n) is 6.12. The quantitative estimate of drug-likeness (QED) is 0.846. The van der Waals surface area contributed by atoms with E-state index in [1.54, 1.807) is 6.92 Å². The summed E-state index contributed by atoms with van der Waals surface area (Å²) in [6, 6.07) is 10.7. The average molecular weight is 233 g/mol. The second-order valence-electron chi connectivity index (χ2n) is 4.60. The molecule has 92 valence electrons. The highest BCUT2D eigenvalue weighted by atomic mass is 16.3. The van der Waals surface area contributed by atoms with E-state index in [0.29, 0.717) is 6.54 Å². The first-order chi connectivity index (χ1) is 8.24. The van der Waals surface area contributed by atoms with Crippen molar-refractivity contribution >= 4 is 0 Å². The molecule has 2 atom stereocenters. The topological polar surface area (TPSA) is 48.2 Å².